The Hall–Kier alpha value is -1.98. The number of aromatic nitrogens is 1. The molecule has 1 N–H and O–H groups in total. The van der Waals surface area contributed by atoms with Gasteiger partial charge in [0.15, 0.2) is 0 Å². The van der Waals surface area contributed by atoms with Crippen LogP contribution in [0.3, 0.4) is 0 Å². The van der Waals surface area contributed by atoms with Crippen molar-refractivity contribution in [1.29, 1.82) is 0 Å². The Kier molecular flexibility index (Phi) is 3.50. The van der Waals surface area contributed by atoms with Crippen molar-refractivity contribution in [2.75, 3.05) is 11.9 Å². The van der Waals surface area contributed by atoms with Crippen molar-refractivity contribution in [1.82, 2.24) is 4.57 Å². The number of anilines is 1. The summed E-state index contributed by atoms with van der Waals surface area (Å²) in [4.78, 5) is 11.7. The van der Waals surface area contributed by atoms with Gasteiger partial charge in [0.2, 0.25) is 0 Å². The van der Waals surface area contributed by atoms with Crippen molar-refractivity contribution < 1.29 is 13.2 Å². The average molecular weight is 270 g/mol. The van der Waals surface area contributed by atoms with Crippen LogP contribution in [0, 0.1) is 0 Å². The number of para-hydroxylation sites is 1. The van der Waals surface area contributed by atoms with Gasteiger partial charge < -0.3 is 9.88 Å². The highest BCUT2D eigenvalue weighted by atomic mass is 19.4. The number of aryl methyl sites for hydroxylation is 1. The molecule has 3 nitrogen and oxygen atoms in total. The Balaban J connectivity index is 2.33. The molecule has 102 valence electrons. The van der Waals surface area contributed by atoms with Crippen LogP contribution < -0.4 is 10.9 Å². The van der Waals surface area contributed by atoms with Crippen molar-refractivity contribution in [2.24, 2.45) is 7.05 Å². The third kappa shape index (κ3) is 3.07. The number of nitrogens with one attached hydrogen (secondary N) is 1. The van der Waals surface area contributed by atoms with E-state index >= 15 is 0 Å². The molecule has 0 fully saturated rings. The summed E-state index contributed by atoms with van der Waals surface area (Å²) in [5.74, 6) is 0. The van der Waals surface area contributed by atoms with E-state index in [9.17, 15) is 18.0 Å². The fourth-order valence-corrected chi connectivity index (χ4v) is 1.90. The normalized spacial score (nSPS) is 11.8. The lowest BCUT2D eigenvalue weighted by atomic mass is 10.1. The number of pyridine rings is 1. The zero-order chi connectivity index (χ0) is 14.0. The predicted molar refractivity (Wildman–Crippen MR) is 68.4 cm³/mol. The number of rotatable bonds is 3. The van der Waals surface area contributed by atoms with Gasteiger partial charge in [-0.2, -0.15) is 13.2 Å². The van der Waals surface area contributed by atoms with Gasteiger partial charge in [-0.25, -0.2) is 0 Å². The predicted octanol–water partition coefficient (Wildman–Crippen LogP) is 2.90. The van der Waals surface area contributed by atoms with Crippen LogP contribution in [0.15, 0.2) is 35.1 Å². The smallest absolute Gasteiger partial charge is 0.384 e. The third-order valence-electron chi connectivity index (χ3n) is 2.88. The number of fused-ring (bicyclic) bond motifs is 1. The lowest BCUT2D eigenvalue weighted by Gasteiger charge is -2.13. The molecule has 0 atom stereocenters. The van der Waals surface area contributed by atoms with Gasteiger partial charge in [0.05, 0.1) is 11.9 Å². The molecule has 0 radical (unpaired) electrons. The van der Waals surface area contributed by atoms with E-state index in [0.717, 1.165) is 5.39 Å². The highest BCUT2D eigenvalue weighted by Crippen LogP contribution is 2.23. The first kappa shape index (κ1) is 13.5. The maximum absolute atomic E-state index is 12.1. The molecule has 6 heteroatoms. The minimum absolute atomic E-state index is 0.249. The lowest BCUT2D eigenvalue weighted by molar-refractivity contribution is -0.131. The lowest BCUT2D eigenvalue weighted by Crippen LogP contribution is -2.19. The molecule has 0 saturated carbocycles. The van der Waals surface area contributed by atoms with Gasteiger partial charge in [0.1, 0.15) is 0 Å². The molecular weight excluding hydrogens is 257 g/mol. The molecule has 0 aliphatic carbocycles. The van der Waals surface area contributed by atoms with Gasteiger partial charge in [-0.1, -0.05) is 18.2 Å². The van der Waals surface area contributed by atoms with Crippen LogP contribution in [-0.2, 0) is 7.05 Å². The summed E-state index contributed by atoms with van der Waals surface area (Å²) in [7, 11) is 1.63. The first-order valence-electron chi connectivity index (χ1n) is 5.78. The Morgan fingerprint density at radius 1 is 1.26 bits per heavy atom. The summed E-state index contributed by atoms with van der Waals surface area (Å²) >= 11 is 0. The first-order chi connectivity index (χ1) is 8.88. The highest BCUT2D eigenvalue weighted by molar-refractivity contribution is 5.91. The van der Waals surface area contributed by atoms with Gasteiger partial charge in [-0.3, -0.25) is 4.79 Å². The van der Waals surface area contributed by atoms with Gasteiger partial charge in [-0.15, -0.1) is 0 Å². The van der Waals surface area contributed by atoms with E-state index in [2.05, 4.69) is 5.32 Å². The van der Waals surface area contributed by atoms with E-state index < -0.39 is 12.6 Å². The quantitative estimate of drug-likeness (QED) is 0.930. The van der Waals surface area contributed by atoms with Gasteiger partial charge in [0, 0.05) is 30.7 Å². The molecule has 0 saturated heterocycles. The van der Waals surface area contributed by atoms with Crippen LogP contribution in [-0.4, -0.2) is 17.3 Å². The Labute approximate surface area is 107 Å². The molecule has 0 spiro atoms. The van der Waals surface area contributed by atoms with E-state index in [-0.39, 0.29) is 12.1 Å². The number of benzene rings is 1. The summed E-state index contributed by atoms with van der Waals surface area (Å²) < 4.78 is 37.8. The zero-order valence-electron chi connectivity index (χ0n) is 10.3. The fraction of sp³-hybridized carbons (Fsp3) is 0.308. The van der Waals surface area contributed by atoms with Crippen LogP contribution in [0.5, 0.6) is 0 Å². The zero-order valence-corrected chi connectivity index (χ0v) is 10.3. The van der Waals surface area contributed by atoms with Crippen LogP contribution in [0.1, 0.15) is 6.42 Å². The summed E-state index contributed by atoms with van der Waals surface area (Å²) in [6.07, 6.45) is -5.14. The number of hydrogen-bond donors (Lipinski definition) is 1. The van der Waals surface area contributed by atoms with Gasteiger partial charge >= 0.3 is 6.18 Å². The standard InChI is InChI=1S/C13H13F3N2O/c1-18-11-5-3-2-4-9(11)10(8-12(18)19)17-7-6-13(14,15)16/h2-5,8,17H,6-7H2,1H3. The molecule has 0 bridgehead atoms. The second-order valence-electron chi connectivity index (χ2n) is 4.26. The van der Waals surface area contributed by atoms with Crippen LogP contribution >= 0.6 is 0 Å². The number of alkyl halides is 3. The molecule has 0 aliphatic rings. The maximum Gasteiger partial charge on any atom is 0.390 e. The molecule has 2 aromatic rings. The largest absolute Gasteiger partial charge is 0.390 e. The number of halogens is 3. The van der Waals surface area contributed by atoms with E-state index in [1.54, 1.807) is 31.3 Å². The summed E-state index contributed by atoms with van der Waals surface area (Å²) in [6, 6.07) is 8.40. The molecule has 1 heterocycles. The first-order valence-corrected chi connectivity index (χ1v) is 5.78. The molecule has 0 aliphatic heterocycles. The molecule has 0 unspecified atom stereocenters. The second-order valence-corrected chi connectivity index (χ2v) is 4.26. The summed E-state index contributed by atoms with van der Waals surface area (Å²) in [5.41, 5.74) is 0.862. The van der Waals surface area contributed by atoms with Crippen LogP contribution in [0.25, 0.3) is 10.9 Å². The second kappa shape index (κ2) is 4.95. The Bertz CT molecular complexity index is 646. The van der Waals surface area contributed by atoms with E-state index in [1.807, 2.05) is 0 Å². The van der Waals surface area contributed by atoms with Gasteiger partial charge in [0.25, 0.3) is 5.56 Å². The number of nitrogens with zero attached hydrogens (tertiary/aromatic N) is 1. The maximum atomic E-state index is 12.1. The number of hydrogen-bond acceptors (Lipinski definition) is 2. The fourth-order valence-electron chi connectivity index (χ4n) is 1.90. The summed E-state index contributed by atoms with van der Waals surface area (Å²) in [6.45, 7) is -0.249. The third-order valence-corrected chi connectivity index (χ3v) is 2.88. The Morgan fingerprint density at radius 3 is 2.63 bits per heavy atom. The molecule has 1 aromatic heterocycles. The highest BCUT2D eigenvalue weighted by Gasteiger charge is 2.26. The Morgan fingerprint density at radius 2 is 1.95 bits per heavy atom. The summed E-state index contributed by atoms with van der Waals surface area (Å²) in [5, 5.41) is 3.41. The molecule has 2 rings (SSSR count). The SMILES string of the molecule is Cn1c(=O)cc(NCCC(F)(F)F)c2ccccc21. The van der Waals surface area contributed by atoms with Crippen molar-refractivity contribution >= 4 is 16.6 Å². The van der Waals surface area contributed by atoms with Crippen molar-refractivity contribution in [2.45, 2.75) is 12.6 Å². The minimum atomic E-state index is -4.21. The van der Waals surface area contributed by atoms with Crippen LogP contribution in [0.4, 0.5) is 18.9 Å². The van der Waals surface area contributed by atoms with E-state index in [4.69, 9.17) is 0 Å². The molecular formula is C13H13F3N2O. The van der Waals surface area contributed by atoms with E-state index in [0.29, 0.717) is 11.2 Å². The topological polar surface area (TPSA) is 34.0 Å². The van der Waals surface area contributed by atoms with Crippen molar-refractivity contribution in [3.05, 3.63) is 40.7 Å². The molecule has 19 heavy (non-hydrogen) atoms. The molecule has 0 amide bonds. The monoisotopic (exact) mass is 270 g/mol. The van der Waals surface area contributed by atoms with Crippen molar-refractivity contribution in [3.63, 3.8) is 0 Å². The average Bonchev–Trinajstić information content (AvgIpc) is 2.34. The van der Waals surface area contributed by atoms with E-state index in [1.165, 1.54) is 10.6 Å². The van der Waals surface area contributed by atoms with Crippen molar-refractivity contribution in [3.8, 4) is 0 Å². The van der Waals surface area contributed by atoms with Gasteiger partial charge in [-0.05, 0) is 6.07 Å². The minimum Gasteiger partial charge on any atom is -0.384 e. The molecule has 1 aromatic carbocycles. The van der Waals surface area contributed by atoms with Crippen LogP contribution in [0.2, 0.25) is 0 Å².